The molecule has 0 unspecified atom stereocenters. The molecule has 1 aromatic rings. The van der Waals surface area contributed by atoms with Gasteiger partial charge in [-0.15, -0.1) is 0 Å². The smallest absolute Gasteiger partial charge is 0.248 e. The summed E-state index contributed by atoms with van der Waals surface area (Å²) in [7, 11) is -2.02. The first-order valence-corrected chi connectivity index (χ1v) is 11.0. The van der Waals surface area contributed by atoms with Crippen LogP contribution in [0, 0.1) is 0 Å². The number of piperazine rings is 1. The Labute approximate surface area is 161 Å². The van der Waals surface area contributed by atoms with Crippen LogP contribution in [0.4, 0.5) is 0 Å². The van der Waals surface area contributed by atoms with Crippen LogP contribution >= 0.6 is 0 Å². The maximum absolute atomic E-state index is 12.8. The third kappa shape index (κ3) is 5.00. The SMILES string of the molecule is COc1ccc(S(=O)(=O)N2CCN(C(=O)COC3CCCCC3)CC2)cc1. The summed E-state index contributed by atoms with van der Waals surface area (Å²) in [6.45, 7) is 1.47. The Hall–Kier alpha value is -1.64. The van der Waals surface area contributed by atoms with Crippen LogP contribution in [-0.2, 0) is 19.6 Å². The predicted molar refractivity (Wildman–Crippen MR) is 101 cm³/mol. The highest BCUT2D eigenvalue weighted by molar-refractivity contribution is 7.89. The molecule has 0 spiro atoms. The minimum absolute atomic E-state index is 0.0536. The van der Waals surface area contributed by atoms with Crippen LogP contribution in [0.25, 0.3) is 0 Å². The molecule has 1 aliphatic heterocycles. The maximum atomic E-state index is 12.8. The van der Waals surface area contributed by atoms with Crippen molar-refractivity contribution < 1.29 is 22.7 Å². The van der Waals surface area contributed by atoms with E-state index < -0.39 is 10.0 Å². The van der Waals surface area contributed by atoms with Crippen LogP contribution in [0.5, 0.6) is 5.75 Å². The number of hydrogen-bond donors (Lipinski definition) is 0. The maximum Gasteiger partial charge on any atom is 0.248 e. The first kappa shape index (κ1) is 20.1. The minimum atomic E-state index is -3.56. The van der Waals surface area contributed by atoms with Crippen molar-refractivity contribution in [3.05, 3.63) is 24.3 Å². The van der Waals surface area contributed by atoms with Crippen molar-refractivity contribution in [2.75, 3.05) is 39.9 Å². The van der Waals surface area contributed by atoms with Crippen LogP contribution in [0.1, 0.15) is 32.1 Å². The summed E-state index contributed by atoms with van der Waals surface area (Å²) in [5.41, 5.74) is 0. The molecule has 0 N–H and O–H groups in total. The van der Waals surface area contributed by atoms with E-state index in [4.69, 9.17) is 9.47 Å². The summed E-state index contributed by atoms with van der Waals surface area (Å²) in [5.74, 6) is 0.560. The van der Waals surface area contributed by atoms with Crippen LogP contribution in [0.2, 0.25) is 0 Å². The van der Waals surface area contributed by atoms with Crippen molar-refractivity contribution in [3.63, 3.8) is 0 Å². The molecule has 1 aromatic carbocycles. The number of carbonyl (C=O) groups is 1. The predicted octanol–water partition coefficient (Wildman–Crippen LogP) is 1.88. The van der Waals surface area contributed by atoms with Gasteiger partial charge in [-0.2, -0.15) is 4.31 Å². The van der Waals surface area contributed by atoms with E-state index in [-0.39, 0.29) is 23.5 Å². The Bertz CT molecular complexity index is 721. The van der Waals surface area contributed by atoms with Gasteiger partial charge >= 0.3 is 0 Å². The number of rotatable bonds is 6. The topological polar surface area (TPSA) is 76.2 Å². The fraction of sp³-hybridized carbons (Fsp3) is 0.632. The normalized spacial score (nSPS) is 19.8. The summed E-state index contributed by atoms with van der Waals surface area (Å²) in [6.07, 6.45) is 5.84. The lowest BCUT2D eigenvalue weighted by molar-refractivity contribution is -0.140. The average Bonchev–Trinajstić information content (AvgIpc) is 2.73. The molecule has 27 heavy (non-hydrogen) atoms. The van der Waals surface area contributed by atoms with E-state index in [0.29, 0.717) is 31.9 Å². The Balaban J connectivity index is 1.50. The van der Waals surface area contributed by atoms with Gasteiger partial charge in [-0.3, -0.25) is 4.79 Å². The Kier molecular flexibility index (Phi) is 6.73. The fourth-order valence-corrected chi connectivity index (χ4v) is 5.01. The highest BCUT2D eigenvalue weighted by atomic mass is 32.2. The van der Waals surface area contributed by atoms with Crippen molar-refractivity contribution in [1.29, 1.82) is 0 Å². The molecule has 7 nitrogen and oxygen atoms in total. The van der Waals surface area contributed by atoms with Crippen molar-refractivity contribution in [2.24, 2.45) is 0 Å². The number of amides is 1. The highest BCUT2D eigenvalue weighted by Crippen LogP contribution is 2.22. The van der Waals surface area contributed by atoms with Crippen LogP contribution in [-0.4, -0.2) is 69.5 Å². The number of sulfonamides is 1. The standard InChI is InChI=1S/C19H28N2O5S/c1-25-16-7-9-18(10-8-16)27(23,24)21-13-11-20(12-14-21)19(22)15-26-17-5-3-2-4-6-17/h7-10,17H,2-6,11-15H2,1H3. The van der Waals surface area contributed by atoms with E-state index >= 15 is 0 Å². The van der Waals surface area contributed by atoms with E-state index in [1.54, 1.807) is 29.2 Å². The van der Waals surface area contributed by atoms with Gasteiger partial charge in [0.2, 0.25) is 15.9 Å². The summed E-state index contributed by atoms with van der Waals surface area (Å²) in [5, 5.41) is 0. The Morgan fingerprint density at radius 2 is 1.67 bits per heavy atom. The van der Waals surface area contributed by atoms with Gasteiger partial charge in [0.25, 0.3) is 0 Å². The van der Waals surface area contributed by atoms with Crippen LogP contribution < -0.4 is 4.74 Å². The number of benzene rings is 1. The van der Waals surface area contributed by atoms with Gasteiger partial charge in [-0.25, -0.2) is 8.42 Å². The van der Waals surface area contributed by atoms with E-state index in [9.17, 15) is 13.2 Å². The van der Waals surface area contributed by atoms with Crippen molar-refractivity contribution in [1.82, 2.24) is 9.21 Å². The summed E-state index contributed by atoms with van der Waals surface area (Å²) in [6, 6.07) is 6.36. The molecular weight excluding hydrogens is 368 g/mol. The number of methoxy groups -OCH3 is 1. The molecule has 0 bridgehead atoms. The molecular formula is C19H28N2O5S. The lowest BCUT2D eigenvalue weighted by atomic mass is 9.98. The number of ether oxygens (including phenoxy) is 2. The zero-order chi connectivity index (χ0) is 19.3. The molecule has 1 saturated carbocycles. The molecule has 1 heterocycles. The summed E-state index contributed by atoms with van der Waals surface area (Å²) < 4.78 is 37.8. The fourth-order valence-electron chi connectivity index (χ4n) is 3.59. The zero-order valence-corrected chi connectivity index (χ0v) is 16.6. The number of carbonyl (C=O) groups excluding carboxylic acids is 1. The second-order valence-electron chi connectivity index (χ2n) is 7.03. The first-order chi connectivity index (χ1) is 13.0. The van der Waals surface area contributed by atoms with E-state index in [0.717, 1.165) is 12.8 Å². The highest BCUT2D eigenvalue weighted by Gasteiger charge is 2.30. The first-order valence-electron chi connectivity index (χ1n) is 9.54. The summed E-state index contributed by atoms with van der Waals surface area (Å²) >= 11 is 0. The molecule has 2 fully saturated rings. The van der Waals surface area contributed by atoms with Crippen molar-refractivity contribution >= 4 is 15.9 Å². The largest absolute Gasteiger partial charge is 0.497 e. The Morgan fingerprint density at radius 1 is 1.04 bits per heavy atom. The number of hydrogen-bond acceptors (Lipinski definition) is 5. The molecule has 2 aliphatic rings. The van der Waals surface area contributed by atoms with E-state index in [1.165, 1.54) is 30.7 Å². The quantitative estimate of drug-likeness (QED) is 0.734. The van der Waals surface area contributed by atoms with Crippen LogP contribution in [0.3, 0.4) is 0 Å². The zero-order valence-electron chi connectivity index (χ0n) is 15.8. The van der Waals surface area contributed by atoms with Crippen molar-refractivity contribution in [2.45, 2.75) is 43.1 Å². The molecule has 1 aliphatic carbocycles. The van der Waals surface area contributed by atoms with Gasteiger partial charge in [0, 0.05) is 26.2 Å². The van der Waals surface area contributed by atoms with E-state index in [2.05, 4.69) is 0 Å². The minimum Gasteiger partial charge on any atom is -0.497 e. The van der Waals surface area contributed by atoms with Gasteiger partial charge in [-0.05, 0) is 37.1 Å². The molecule has 8 heteroatoms. The summed E-state index contributed by atoms with van der Waals surface area (Å²) in [4.78, 5) is 14.3. The third-order valence-corrected chi connectivity index (χ3v) is 7.20. The molecule has 1 amide bonds. The van der Waals surface area contributed by atoms with Gasteiger partial charge in [-0.1, -0.05) is 19.3 Å². The number of nitrogens with zero attached hydrogens (tertiary/aromatic N) is 2. The molecule has 1 saturated heterocycles. The van der Waals surface area contributed by atoms with Gasteiger partial charge in [0.15, 0.2) is 0 Å². The Morgan fingerprint density at radius 3 is 2.26 bits per heavy atom. The average molecular weight is 397 g/mol. The lowest BCUT2D eigenvalue weighted by Crippen LogP contribution is -2.51. The molecule has 3 rings (SSSR count). The molecule has 0 radical (unpaired) electrons. The lowest BCUT2D eigenvalue weighted by Gasteiger charge is -2.34. The van der Waals surface area contributed by atoms with Gasteiger partial charge in [0.1, 0.15) is 12.4 Å². The monoisotopic (exact) mass is 396 g/mol. The van der Waals surface area contributed by atoms with Gasteiger partial charge < -0.3 is 14.4 Å². The molecule has 0 atom stereocenters. The van der Waals surface area contributed by atoms with Crippen molar-refractivity contribution in [3.8, 4) is 5.75 Å². The molecule has 150 valence electrons. The van der Waals surface area contributed by atoms with E-state index in [1.807, 2.05) is 0 Å². The third-order valence-electron chi connectivity index (χ3n) is 5.28. The second-order valence-corrected chi connectivity index (χ2v) is 8.97. The van der Waals surface area contributed by atoms with Gasteiger partial charge in [0.05, 0.1) is 18.1 Å². The van der Waals surface area contributed by atoms with Crippen LogP contribution in [0.15, 0.2) is 29.2 Å². The molecule has 0 aromatic heterocycles. The second kappa shape index (κ2) is 9.03.